The molecule has 0 aromatic rings. The van der Waals surface area contributed by atoms with E-state index in [1.807, 2.05) is 11.8 Å². The lowest BCUT2D eigenvalue weighted by molar-refractivity contribution is -0.178. The minimum absolute atomic E-state index is 0.00795. The lowest BCUT2D eigenvalue weighted by Gasteiger charge is -2.35. The van der Waals surface area contributed by atoms with Crippen molar-refractivity contribution in [3.05, 3.63) is 0 Å². The van der Waals surface area contributed by atoms with E-state index in [1.165, 1.54) is 0 Å². The normalized spacial score (nSPS) is 24.2. The quantitative estimate of drug-likeness (QED) is 0.801. The second kappa shape index (κ2) is 7.31. The highest BCUT2D eigenvalue weighted by atomic mass is 19.4. The number of rotatable bonds is 6. The summed E-state index contributed by atoms with van der Waals surface area (Å²) in [6, 6.07) is 0. The molecule has 3 nitrogen and oxygen atoms in total. The molecule has 0 bridgehead atoms. The topological polar surface area (TPSA) is 38.5 Å². The largest absolute Gasteiger partial charge is 0.394 e. The summed E-state index contributed by atoms with van der Waals surface area (Å²) in [5.41, 5.74) is 5.21. The van der Waals surface area contributed by atoms with Crippen LogP contribution in [0.2, 0.25) is 0 Å². The number of piperidine rings is 1. The van der Waals surface area contributed by atoms with Gasteiger partial charge in [0.15, 0.2) is 0 Å². The van der Waals surface area contributed by atoms with E-state index in [1.54, 1.807) is 0 Å². The van der Waals surface area contributed by atoms with Crippen LogP contribution in [0.15, 0.2) is 0 Å². The Morgan fingerprint density at radius 3 is 2.72 bits per heavy atom. The van der Waals surface area contributed by atoms with Crippen LogP contribution in [0.1, 0.15) is 26.2 Å². The maximum absolute atomic E-state index is 12.6. The zero-order valence-electron chi connectivity index (χ0n) is 10.9. The fraction of sp³-hybridized carbons (Fsp3) is 1.00. The average Bonchev–Trinajstić information content (AvgIpc) is 2.32. The lowest BCUT2D eigenvalue weighted by Crippen LogP contribution is -2.46. The standard InChI is InChI=1S/C12H23F3N2O/c1-2-6-18-11-4-3-5-17(9-11)8-10(7-16)12(13,14)15/h10-11H,2-9,16H2,1H3. The van der Waals surface area contributed by atoms with Crippen molar-refractivity contribution < 1.29 is 17.9 Å². The molecule has 0 aromatic heterocycles. The van der Waals surface area contributed by atoms with Gasteiger partial charge in [-0.25, -0.2) is 0 Å². The molecule has 6 heteroatoms. The Labute approximate surface area is 106 Å². The summed E-state index contributed by atoms with van der Waals surface area (Å²) in [5, 5.41) is 0. The van der Waals surface area contributed by atoms with Crippen LogP contribution >= 0.6 is 0 Å². The van der Waals surface area contributed by atoms with Crippen LogP contribution < -0.4 is 5.73 Å². The molecule has 1 aliphatic rings. The fourth-order valence-electron chi connectivity index (χ4n) is 2.22. The predicted molar refractivity (Wildman–Crippen MR) is 64.3 cm³/mol. The summed E-state index contributed by atoms with van der Waals surface area (Å²) in [6.07, 6.45) is -1.36. The van der Waals surface area contributed by atoms with Crippen LogP contribution in [0.3, 0.4) is 0 Å². The maximum Gasteiger partial charge on any atom is 0.394 e. The molecule has 18 heavy (non-hydrogen) atoms. The predicted octanol–water partition coefficient (Wildman–Crippen LogP) is 2.01. The number of likely N-dealkylation sites (tertiary alicyclic amines) is 1. The molecule has 0 aliphatic carbocycles. The Hall–Kier alpha value is -0.330. The van der Waals surface area contributed by atoms with E-state index in [-0.39, 0.29) is 19.2 Å². The first kappa shape index (κ1) is 15.7. The summed E-state index contributed by atoms with van der Waals surface area (Å²) < 4.78 is 43.5. The zero-order chi connectivity index (χ0) is 13.6. The van der Waals surface area contributed by atoms with Crippen LogP contribution in [0.5, 0.6) is 0 Å². The highest BCUT2D eigenvalue weighted by Gasteiger charge is 2.40. The van der Waals surface area contributed by atoms with Gasteiger partial charge in [-0.15, -0.1) is 0 Å². The minimum Gasteiger partial charge on any atom is -0.377 e. The van der Waals surface area contributed by atoms with Crippen molar-refractivity contribution in [1.29, 1.82) is 0 Å². The van der Waals surface area contributed by atoms with E-state index in [9.17, 15) is 13.2 Å². The Balaban J connectivity index is 2.41. The third-order valence-electron chi connectivity index (χ3n) is 3.25. The summed E-state index contributed by atoms with van der Waals surface area (Å²) in [7, 11) is 0. The summed E-state index contributed by atoms with van der Waals surface area (Å²) in [6.45, 7) is 3.64. The molecule has 0 radical (unpaired) electrons. The van der Waals surface area contributed by atoms with E-state index in [0.29, 0.717) is 19.7 Å². The number of alkyl halides is 3. The van der Waals surface area contributed by atoms with E-state index in [4.69, 9.17) is 10.5 Å². The first-order chi connectivity index (χ1) is 8.47. The van der Waals surface area contributed by atoms with Gasteiger partial charge < -0.3 is 15.4 Å². The number of hydrogen-bond donors (Lipinski definition) is 1. The van der Waals surface area contributed by atoms with Crippen LogP contribution in [0, 0.1) is 5.92 Å². The number of nitrogens with two attached hydrogens (primary N) is 1. The van der Waals surface area contributed by atoms with Gasteiger partial charge in [0.2, 0.25) is 0 Å². The van der Waals surface area contributed by atoms with Crippen molar-refractivity contribution in [2.75, 3.05) is 32.8 Å². The Morgan fingerprint density at radius 1 is 1.44 bits per heavy atom. The summed E-state index contributed by atoms with van der Waals surface area (Å²) in [4.78, 5) is 1.83. The minimum atomic E-state index is -4.20. The van der Waals surface area contributed by atoms with Gasteiger partial charge in [0.1, 0.15) is 0 Å². The third kappa shape index (κ3) is 5.12. The Kier molecular flexibility index (Phi) is 6.38. The molecule has 1 fully saturated rings. The Morgan fingerprint density at radius 2 is 2.17 bits per heavy atom. The van der Waals surface area contributed by atoms with Crippen molar-refractivity contribution in [2.24, 2.45) is 11.7 Å². The Bertz CT molecular complexity index is 236. The first-order valence-corrected chi connectivity index (χ1v) is 6.58. The lowest BCUT2D eigenvalue weighted by atomic mass is 10.0. The van der Waals surface area contributed by atoms with Gasteiger partial charge in [0.05, 0.1) is 12.0 Å². The van der Waals surface area contributed by atoms with Gasteiger partial charge in [0, 0.05) is 26.2 Å². The molecule has 1 saturated heterocycles. The molecule has 0 spiro atoms. The SMILES string of the molecule is CCCOC1CCCN(CC(CN)C(F)(F)F)C1. The highest BCUT2D eigenvalue weighted by molar-refractivity contribution is 4.79. The summed E-state index contributed by atoms with van der Waals surface area (Å²) in [5.74, 6) is -1.43. The number of hydrogen-bond acceptors (Lipinski definition) is 3. The second-order valence-electron chi connectivity index (χ2n) is 4.87. The third-order valence-corrected chi connectivity index (χ3v) is 3.25. The molecule has 0 saturated carbocycles. The molecular weight excluding hydrogens is 245 g/mol. The second-order valence-corrected chi connectivity index (χ2v) is 4.87. The zero-order valence-corrected chi connectivity index (χ0v) is 10.9. The number of halogens is 3. The van der Waals surface area contributed by atoms with Crippen molar-refractivity contribution in [3.63, 3.8) is 0 Å². The molecule has 0 aromatic carbocycles. The fourth-order valence-corrected chi connectivity index (χ4v) is 2.22. The van der Waals surface area contributed by atoms with Gasteiger partial charge in [-0.2, -0.15) is 13.2 Å². The van der Waals surface area contributed by atoms with Crippen LogP contribution in [0.25, 0.3) is 0 Å². The van der Waals surface area contributed by atoms with Gasteiger partial charge >= 0.3 is 6.18 Å². The number of ether oxygens (including phenoxy) is 1. The van der Waals surface area contributed by atoms with Crippen molar-refractivity contribution in [3.8, 4) is 0 Å². The van der Waals surface area contributed by atoms with Gasteiger partial charge in [-0.1, -0.05) is 6.92 Å². The van der Waals surface area contributed by atoms with Gasteiger partial charge in [0.25, 0.3) is 0 Å². The van der Waals surface area contributed by atoms with Crippen molar-refractivity contribution in [2.45, 2.75) is 38.5 Å². The first-order valence-electron chi connectivity index (χ1n) is 6.58. The van der Waals surface area contributed by atoms with Crippen LogP contribution in [0.4, 0.5) is 13.2 Å². The maximum atomic E-state index is 12.6. The molecule has 108 valence electrons. The average molecular weight is 268 g/mol. The molecular formula is C12H23F3N2O. The summed E-state index contributed by atoms with van der Waals surface area (Å²) >= 11 is 0. The van der Waals surface area contributed by atoms with Crippen LogP contribution in [-0.4, -0.2) is 50.0 Å². The molecule has 2 unspecified atom stereocenters. The van der Waals surface area contributed by atoms with Gasteiger partial charge in [-0.3, -0.25) is 0 Å². The van der Waals surface area contributed by atoms with Crippen molar-refractivity contribution in [1.82, 2.24) is 4.90 Å². The highest BCUT2D eigenvalue weighted by Crippen LogP contribution is 2.27. The smallest absolute Gasteiger partial charge is 0.377 e. The molecule has 1 aliphatic heterocycles. The van der Waals surface area contributed by atoms with E-state index < -0.39 is 12.1 Å². The number of nitrogens with zero attached hydrogens (tertiary/aromatic N) is 1. The molecule has 1 rings (SSSR count). The van der Waals surface area contributed by atoms with Crippen LogP contribution in [-0.2, 0) is 4.74 Å². The molecule has 0 amide bonds. The van der Waals surface area contributed by atoms with E-state index >= 15 is 0 Å². The van der Waals surface area contributed by atoms with E-state index in [2.05, 4.69) is 0 Å². The molecule has 1 heterocycles. The van der Waals surface area contributed by atoms with Crippen molar-refractivity contribution >= 4 is 0 Å². The van der Waals surface area contributed by atoms with Gasteiger partial charge in [-0.05, 0) is 25.8 Å². The van der Waals surface area contributed by atoms with E-state index in [0.717, 1.165) is 19.3 Å². The molecule has 2 N–H and O–H groups in total. The molecule has 2 atom stereocenters. The monoisotopic (exact) mass is 268 g/mol.